The predicted molar refractivity (Wildman–Crippen MR) is 89.5 cm³/mol. The first-order valence-corrected chi connectivity index (χ1v) is 7.28. The van der Waals surface area contributed by atoms with E-state index in [2.05, 4.69) is 52.4 Å². The number of rotatable bonds is 2. The Morgan fingerprint density at radius 1 is 0.864 bits per heavy atom. The number of hydrogen-bond acceptors (Lipinski definition) is 2. The maximum Gasteiger partial charge on any atom is 0.0999 e. The van der Waals surface area contributed by atoms with Crippen molar-refractivity contribution in [3.05, 3.63) is 72.6 Å². The molecule has 0 fully saturated rings. The van der Waals surface area contributed by atoms with Gasteiger partial charge in [-0.25, -0.2) is 0 Å². The number of nitrogens with one attached hydrogen (secondary N) is 1. The minimum atomic E-state index is 0.985. The number of fused-ring (bicyclic) bond motifs is 1. The van der Waals surface area contributed by atoms with E-state index in [0.717, 1.165) is 33.3 Å². The number of pyridine rings is 1. The molecule has 0 radical (unpaired) electrons. The molecule has 22 heavy (non-hydrogen) atoms. The summed E-state index contributed by atoms with van der Waals surface area (Å²) in [5.41, 5.74) is 6.64. The van der Waals surface area contributed by atoms with E-state index in [4.69, 9.17) is 0 Å². The molecule has 2 aromatic heterocycles. The van der Waals surface area contributed by atoms with Crippen LogP contribution in [-0.2, 0) is 0 Å². The van der Waals surface area contributed by atoms with Gasteiger partial charge in [0.05, 0.1) is 11.2 Å². The van der Waals surface area contributed by atoms with E-state index in [1.165, 1.54) is 5.56 Å². The third kappa shape index (κ3) is 1.99. The third-order valence-electron chi connectivity index (χ3n) is 3.98. The van der Waals surface area contributed by atoms with Crippen LogP contribution in [0.1, 0.15) is 5.56 Å². The Hall–Kier alpha value is -2.94. The fraction of sp³-hybridized carbons (Fsp3) is 0.0526. The minimum absolute atomic E-state index is 0.985. The normalized spacial score (nSPS) is 11.0. The van der Waals surface area contributed by atoms with E-state index < -0.39 is 0 Å². The summed E-state index contributed by atoms with van der Waals surface area (Å²) in [7, 11) is 0. The fourth-order valence-corrected chi connectivity index (χ4v) is 2.83. The van der Waals surface area contributed by atoms with E-state index in [1.54, 1.807) is 0 Å². The lowest BCUT2D eigenvalue weighted by atomic mass is 9.99. The van der Waals surface area contributed by atoms with Gasteiger partial charge in [0.15, 0.2) is 0 Å². The third-order valence-corrected chi connectivity index (χ3v) is 3.98. The minimum Gasteiger partial charge on any atom is -0.277 e. The predicted octanol–water partition coefficient (Wildman–Crippen LogP) is 4.60. The quantitative estimate of drug-likeness (QED) is 0.584. The highest BCUT2D eigenvalue weighted by atomic mass is 15.1. The molecule has 0 unspecified atom stereocenters. The van der Waals surface area contributed by atoms with Gasteiger partial charge in [0.2, 0.25) is 0 Å². The van der Waals surface area contributed by atoms with Crippen LogP contribution in [0.2, 0.25) is 0 Å². The van der Waals surface area contributed by atoms with Crippen molar-refractivity contribution >= 4 is 10.9 Å². The summed E-state index contributed by atoms with van der Waals surface area (Å²) in [6, 6.07) is 18.6. The smallest absolute Gasteiger partial charge is 0.0999 e. The van der Waals surface area contributed by atoms with Gasteiger partial charge in [0.25, 0.3) is 0 Å². The number of aromatic amines is 1. The van der Waals surface area contributed by atoms with Gasteiger partial charge < -0.3 is 0 Å². The highest BCUT2D eigenvalue weighted by Crippen LogP contribution is 2.33. The van der Waals surface area contributed by atoms with Gasteiger partial charge in [-0.3, -0.25) is 10.1 Å². The first-order valence-electron chi connectivity index (χ1n) is 7.28. The van der Waals surface area contributed by atoms with E-state index >= 15 is 0 Å². The van der Waals surface area contributed by atoms with Crippen molar-refractivity contribution in [1.29, 1.82) is 0 Å². The van der Waals surface area contributed by atoms with Gasteiger partial charge in [0, 0.05) is 34.5 Å². The molecule has 3 heteroatoms. The Labute approximate surface area is 128 Å². The fourth-order valence-electron chi connectivity index (χ4n) is 2.83. The van der Waals surface area contributed by atoms with Crippen molar-refractivity contribution in [3.63, 3.8) is 0 Å². The lowest BCUT2D eigenvalue weighted by Gasteiger charge is -2.06. The molecule has 2 aromatic carbocycles. The molecular formula is C19H15N3. The highest BCUT2D eigenvalue weighted by Gasteiger charge is 2.12. The van der Waals surface area contributed by atoms with Crippen molar-refractivity contribution in [3.8, 4) is 22.4 Å². The van der Waals surface area contributed by atoms with Gasteiger partial charge in [-0.15, -0.1) is 0 Å². The van der Waals surface area contributed by atoms with Crippen LogP contribution in [0, 0.1) is 6.92 Å². The summed E-state index contributed by atoms with van der Waals surface area (Å²) in [5, 5.41) is 8.87. The molecule has 0 spiro atoms. The van der Waals surface area contributed by atoms with Crippen LogP contribution in [0.3, 0.4) is 0 Å². The first kappa shape index (κ1) is 12.8. The molecule has 0 saturated heterocycles. The molecule has 0 saturated carbocycles. The lowest BCUT2D eigenvalue weighted by molar-refractivity contribution is 1.12. The maximum atomic E-state index is 4.54. The molecular weight excluding hydrogens is 270 g/mol. The largest absolute Gasteiger partial charge is 0.277 e. The van der Waals surface area contributed by atoms with E-state index in [-0.39, 0.29) is 0 Å². The Morgan fingerprint density at radius 2 is 1.73 bits per heavy atom. The second-order valence-corrected chi connectivity index (χ2v) is 5.36. The van der Waals surface area contributed by atoms with Crippen LogP contribution in [0.25, 0.3) is 33.3 Å². The lowest BCUT2D eigenvalue weighted by Crippen LogP contribution is -1.86. The number of aryl methyl sites for hydroxylation is 1. The molecule has 4 rings (SSSR count). The molecule has 0 aliphatic rings. The zero-order valence-corrected chi connectivity index (χ0v) is 12.2. The zero-order valence-electron chi connectivity index (χ0n) is 12.2. The summed E-state index contributed by atoms with van der Waals surface area (Å²) in [6.45, 7) is 2.10. The second kappa shape index (κ2) is 5.11. The van der Waals surface area contributed by atoms with Crippen molar-refractivity contribution in [2.45, 2.75) is 6.92 Å². The number of H-pyrrole nitrogens is 1. The van der Waals surface area contributed by atoms with Crippen molar-refractivity contribution in [2.75, 3.05) is 0 Å². The Morgan fingerprint density at radius 3 is 2.55 bits per heavy atom. The number of hydrogen-bond donors (Lipinski definition) is 1. The van der Waals surface area contributed by atoms with Crippen LogP contribution < -0.4 is 0 Å². The van der Waals surface area contributed by atoms with Crippen LogP contribution in [-0.4, -0.2) is 15.2 Å². The SMILES string of the molecule is Cc1ccncc1-c1cccc2c(-c3ccccc3)n[nH]c12. The maximum absolute atomic E-state index is 4.54. The van der Waals surface area contributed by atoms with E-state index in [0.29, 0.717) is 0 Å². The molecule has 0 aliphatic carbocycles. The van der Waals surface area contributed by atoms with Crippen LogP contribution in [0.15, 0.2) is 67.0 Å². The second-order valence-electron chi connectivity index (χ2n) is 5.36. The average Bonchev–Trinajstić information content (AvgIpc) is 3.00. The molecule has 106 valence electrons. The molecule has 1 N–H and O–H groups in total. The Balaban J connectivity index is 1.97. The number of aromatic nitrogens is 3. The molecule has 3 nitrogen and oxygen atoms in total. The summed E-state index contributed by atoms with van der Waals surface area (Å²) in [5.74, 6) is 0. The first-order chi connectivity index (χ1) is 10.8. The van der Waals surface area contributed by atoms with Gasteiger partial charge >= 0.3 is 0 Å². The van der Waals surface area contributed by atoms with E-state index in [9.17, 15) is 0 Å². The monoisotopic (exact) mass is 285 g/mol. The van der Waals surface area contributed by atoms with E-state index in [1.807, 2.05) is 36.7 Å². The summed E-state index contributed by atoms with van der Waals surface area (Å²) in [4.78, 5) is 4.26. The van der Waals surface area contributed by atoms with Crippen LogP contribution in [0.4, 0.5) is 0 Å². The Bertz CT molecular complexity index is 939. The highest BCUT2D eigenvalue weighted by molar-refractivity contribution is 6.01. The number of benzene rings is 2. The molecule has 0 aliphatic heterocycles. The molecule has 4 aromatic rings. The topological polar surface area (TPSA) is 41.6 Å². The summed E-state index contributed by atoms with van der Waals surface area (Å²) >= 11 is 0. The average molecular weight is 285 g/mol. The van der Waals surface area contributed by atoms with Gasteiger partial charge in [-0.05, 0) is 18.6 Å². The number of nitrogens with zero attached hydrogens (tertiary/aromatic N) is 2. The van der Waals surface area contributed by atoms with Crippen molar-refractivity contribution in [1.82, 2.24) is 15.2 Å². The van der Waals surface area contributed by atoms with Gasteiger partial charge in [0.1, 0.15) is 0 Å². The van der Waals surface area contributed by atoms with Crippen LogP contribution in [0.5, 0.6) is 0 Å². The molecule has 2 heterocycles. The standard InChI is InChI=1S/C19H15N3/c1-13-10-11-20-12-17(13)15-8-5-9-16-18(21-22-19(15)16)14-6-3-2-4-7-14/h2-12H,1H3,(H,21,22). The summed E-state index contributed by atoms with van der Waals surface area (Å²) in [6.07, 6.45) is 3.73. The van der Waals surface area contributed by atoms with Gasteiger partial charge in [-0.2, -0.15) is 5.10 Å². The number of para-hydroxylation sites is 1. The van der Waals surface area contributed by atoms with Gasteiger partial charge in [-0.1, -0.05) is 48.5 Å². The van der Waals surface area contributed by atoms with Crippen molar-refractivity contribution < 1.29 is 0 Å². The zero-order chi connectivity index (χ0) is 14.9. The molecule has 0 amide bonds. The summed E-state index contributed by atoms with van der Waals surface area (Å²) < 4.78 is 0. The Kier molecular flexibility index (Phi) is 2.97. The molecule has 0 bridgehead atoms. The van der Waals surface area contributed by atoms with Crippen molar-refractivity contribution in [2.24, 2.45) is 0 Å². The van der Waals surface area contributed by atoms with Crippen LogP contribution >= 0.6 is 0 Å². The molecule has 0 atom stereocenters.